The van der Waals surface area contributed by atoms with E-state index in [9.17, 15) is 9.59 Å². The van der Waals surface area contributed by atoms with Gasteiger partial charge in [-0.25, -0.2) is 0 Å². The molecule has 1 aliphatic rings. The molecule has 0 aliphatic carbocycles. The minimum absolute atomic E-state index is 0.0924. The van der Waals surface area contributed by atoms with Gasteiger partial charge in [-0.3, -0.25) is 9.59 Å². The number of aryl methyl sites for hydroxylation is 1. The molecule has 102 valence electrons. The normalized spacial score (nSPS) is 19.3. The number of hydrogen-bond donors (Lipinski definition) is 2. The van der Waals surface area contributed by atoms with Crippen molar-refractivity contribution in [3.05, 3.63) is 35.4 Å². The average molecular weight is 279 g/mol. The largest absolute Gasteiger partial charge is 0.481 e. The molecular weight excluding hydrogens is 262 g/mol. The molecule has 0 aromatic heterocycles. The average Bonchev–Trinajstić information content (AvgIpc) is 2.43. The fraction of sp³-hybridized carbons (Fsp3) is 0.429. The third-order valence-electron chi connectivity index (χ3n) is 3.24. The van der Waals surface area contributed by atoms with Crippen LogP contribution in [-0.2, 0) is 16.0 Å². The lowest BCUT2D eigenvalue weighted by Gasteiger charge is -2.24. The first kappa shape index (κ1) is 13.9. The maximum Gasteiger partial charge on any atom is 0.308 e. The number of fused-ring (bicyclic) bond motifs is 1. The fourth-order valence-corrected chi connectivity index (χ4v) is 3.26. The van der Waals surface area contributed by atoms with Crippen LogP contribution in [0.1, 0.15) is 23.3 Å². The molecule has 4 nitrogen and oxygen atoms in total. The first-order chi connectivity index (χ1) is 9.09. The monoisotopic (exact) mass is 279 g/mol. The summed E-state index contributed by atoms with van der Waals surface area (Å²) in [6.45, 7) is 1.76. The lowest BCUT2D eigenvalue weighted by molar-refractivity contribution is -0.141. The van der Waals surface area contributed by atoms with E-state index in [0.29, 0.717) is 0 Å². The molecule has 1 aromatic carbocycles. The zero-order chi connectivity index (χ0) is 13.8. The van der Waals surface area contributed by atoms with Crippen LogP contribution >= 0.6 is 11.8 Å². The van der Waals surface area contributed by atoms with Gasteiger partial charge in [0.1, 0.15) is 5.25 Å². The van der Waals surface area contributed by atoms with Crippen molar-refractivity contribution in [2.45, 2.75) is 18.6 Å². The molecule has 2 atom stereocenters. The lowest BCUT2D eigenvalue weighted by atomic mass is 10.0. The summed E-state index contributed by atoms with van der Waals surface area (Å²) in [4.78, 5) is 22.9. The van der Waals surface area contributed by atoms with Gasteiger partial charge in [0, 0.05) is 6.54 Å². The predicted molar refractivity (Wildman–Crippen MR) is 75.2 cm³/mol. The molecule has 19 heavy (non-hydrogen) atoms. The molecule has 0 spiro atoms. The van der Waals surface area contributed by atoms with Gasteiger partial charge in [-0.2, -0.15) is 0 Å². The number of carbonyl (C=O) groups excluding carboxylic acids is 1. The van der Waals surface area contributed by atoms with E-state index in [0.717, 1.165) is 17.7 Å². The van der Waals surface area contributed by atoms with Crippen molar-refractivity contribution in [1.82, 2.24) is 5.32 Å². The number of carboxylic acid groups (broad SMARTS) is 1. The van der Waals surface area contributed by atoms with Crippen molar-refractivity contribution in [2.24, 2.45) is 5.92 Å². The molecule has 0 saturated heterocycles. The number of benzene rings is 1. The van der Waals surface area contributed by atoms with Gasteiger partial charge in [-0.1, -0.05) is 31.2 Å². The summed E-state index contributed by atoms with van der Waals surface area (Å²) in [7, 11) is 0. The van der Waals surface area contributed by atoms with Crippen molar-refractivity contribution in [3.8, 4) is 0 Å². The van der Waals surface area contributed by atoms with E-state index in [-0.39, 0.29) is 17.7 Å². The second kappa shape index (κ2) is 6.10. The Morgan fingerprint density at radius 1 is 1.47 bits per heavy atom. The van der Waals surface area contributed by atoms with E-state index < -0.39 is 11.9 Å². The Morgan fingerprint density at radius 3 is 2.95 bits per heavy atom. The van der Waals surface area contributed by atoms with E-state index in [1.807, 2.05) is 18.2 Å². The summed E-state index contributed by atoms with van der Waals surface area (Å²) >= 11 is 1.61. The zero-order valence-electron chi connectivity index (χ0n) is 10.8. The molecule has 1 aliphatic heterocycles. The minimum Gasteiger partial charge on any atom is -0.481 e. The first-order valence-corrected chi connectivity index (χ1v) is 7.34. The Balaban J connectivity index is 2.03. The Morgan fingerprint density at radius 2 is 2.21 bits per heavy atom. The van der Waals surface area contributed by atoms with Crippen molar-refractivity contribution >= 4 is 23.6 Å². The van der Waals surface area contributed by atoms with Crippen LogP contribution in [0.5, 0.6) is 0 Å². The maximum atomic E-state index is 12.2. The van der Waals surface area contributed by atoms with Crippen molar-refractivity contribution in [1.29, 1.82) is 0 Å². The smallest absolute Gasteiger partial charge is 0.308 e. The summed E-state index contributed by atoms with van der Waals surface area (Å²) in [5.41, 5.74) is 2.27. The minimum atomic E-state index is -0.892. The highest BCUT2D eigenvalue weighted by Crippen LogP contribution is 2.36. The zero-order valence-corrected chi connectivity index (χ0v) is 11.6. The molecule has 0 bridgehead atoms. The van der Waals surface area contributed by atoms with E-state index in [1.54, 1.807) is 18.7 Å². The van der Waals surface area contributed by atoms with Gasteiger partial charge in [0.2, 0.25) is 5.91 Å². The van der Waals surface area contributed by atoms with E-state index in [1.165, 1.54) is 5.56 Å². The standard InChI is InChI=1S/C14H17NO3S/c1-9(14(17)18)8-15-13(16)12-11-5-3-2-4-10(11)6-7-19-12/h2-5,9,12H,6-8H2,1H3,(H,15,16)(H,17,18)/t9-,12+/m1/s1. The molecule has 0 radical (unpaired) electrons. The summed E-state index contributed by atoms with van der Waals surface area (Å²) in [5, 5.41) is 11.3. The molecule has 2 N–H and O–H groups in total. The van der Waals surface area contributed by atoms with Gasteiger partial charge in [0.15, 0.2) is 0 Å². The van der Waals surface area contributed by atoms with Crippen LogP contribution in [0.4, 0.5) is 0 Å². The highest BCUT2D eigenvalue weighted by Gasteiger charge is 2.27. The van der Waals surface area contributed by atoms with Gasteiger partial charge in [0.25, 0.3) is 0 Å². The molecular formula is C14H17NO3S. The highest BCUT2D eigenvalue weighted by molar-refractivity contribution is 8.00. The number of carboxylic acids is 1. The molecule has 5 heteroatoms. The lowest BCUT2D eigenvalue weighted by Crippen LogP contribution is -2.35. The van der Waals surface area contributed by atoms with Crippen LogP contribution in [0.15, 0.2) is 24.3 Å². The Labute approximate surface area is 116 Å². The second-order valence-corrected chi connectivity index (χ2v) is 5.90. The van der Waals surface area contributed by atoms with E-state index >= 15 is 0 Å². The van der Waals surface area contributed by atoms with Gasteiger partial charge < -0.3 is 10.4 Å². The van der Waals surface area contributed by atoms with Gasteiger partial charge >= 0.3 is 5.97 Å². The SMILES string of the molecule is C[C@H](CNC(=O)[C@H]1SCCc2ccccc21)C(=O)O. The third kappa shape index (κ3) is 3.29. The number of rotatable bonds is 4. The summed E-state index contributed by atoms with van der Waals surface area (Å²) < 4.78 is 0. The summed E-state index contributed by atoms with van der Waals surface area (Å²) in [5.74, 6) is -0.626. The van der Waals surface area contributed by atoms with Gasteiger partial charge in [-0.15, -0.1) is 11.8 Å². The summed E-state index contributed by atoms with van der Waals surface area (Å²) in [6.07, 6.45) is 0.982. The molecule has 0 saturated carbocycles. The second-order valence-electron chi connectivity index (χ2n) is 4.68. The first-order valence-electron chi connectivity index (χ1n) is 6.29. The number of hydrogen-bond acceptors (Lipinski definition) is 3. The van der Waals surface area contributed by atoms with Crippen LogP contribution < -0.4 is 5.32 Å². The number of carbonyl (C=O) groups is 2. The Kier molecular flexibility index (Phi) is 4.47. The van der Waals surface area contributed by atoms with Crippen LogP contribution in [0.2, 0.25) is 0 Å². The quantitative estimate of drug-likeness (QED) is 0.883. The van der Waals surface area contributed by atoms with Crippen molar-refractivity contribution in [2.75, 3.05) is 12.3 Å². The topological polar surface area (TPSA) is 66.4 Å². The van der Waals surface area contributed by atoms with Crippen LogP contribution in [0, 0.1) is 5.92 Å². The predicted octanol–water partition coefficient (Wildman–Crippen LogP) is 1.85. The van der Waals surface area contributed by atoms with Crippen LogP contribution in [0.3, 0.4) is 0 Å². The molecule has 1 amide bonds. The number of nitrogens with one attached hydrogen (secondary N) is 1. The number of amides is 1. The van der Waals surface area contributed by atoms with E-state index in [2.05, 4.69) is 11.4 Å². The van der Waals surface area contributed by atoms with Crippen LogP contribution in [0.25, 0.3) is 0 Å². The fourth-order valence-electron chi connectivity index (χ4n) is 2.04. The van der Waals surface area contributed by atoms with Crippen molar-refractivity contribution in [3.63, 3.8) is 0 Å². The van der Waals surface area contributed by atoms with E-state index in [4.69, 9.17) is 5.11 Å². The Bertz CT molecular complexity index is 489. The molecule has 1 aromatic rings. The third-order valence-corrected chi connectivity index (χ3v) is 4.48. The van der Waals surface area contributed by atoms with Gasteiger partial charge in [0.05, 0.1) is 5.92 Å². The molecule has 0 unspecified atom stereocenters. The number of thioether (sulfide) groups is 1. The van der Waals surface area contributed by atoms with Crippen LogP contribution in [-0.4, -0.2) is 29.3 Å². The highest BCUT2D eigenvalue weighted by atomic mass is 32.2. The summed E-state index contributed by atoms with van der Waals surface area (Å²) in [6, 6.07) is 7.95. The maximum absolute atomic E-state index is 12.2. The van der Waals surface area contributed by atoms with Crippen molar-refractivity contribution < 1.29 is 14.7 Å². The van der Waals surface area contributed by atoms with Gasteiger partial charge in [-0.05, 0) is 23.3 Å². The Hall–Kier alpha value is -1.49. The molecule has 1 heterocycles. The molecule has 0 fully saturated rings. The molecule has 2 rings (SSSR count). The number of aliphatic carboxylic acids is 1.